The summed E-state index contributed by atoms with van der Waals surface area (Å²) in [6.45, 7) is 1.16. The lowest BCUT2D eigenvalue weighted by Gasteiger charge is -2.21. The third kappa shape index (κ3) is 4.46. The Morgan fingerprint density at radius 3 is 2.71 bits per heavy atom. The Hall–Kier alpha value is -2.08. The van der Waals surface area contributed by atoms with Gasteiger partial charge in [-0.25, -0.2) is 0 Å². The van der Waals surface area contributed by atoms with E-state index in [1.807, 2.05) is 6.07 Å². The number of benzene rings is 1. The van der Waals surface area contributed by atoms with Gasteiger partial charge in [-0.1, -0.05) is 12.1 Å². The maximum atomic E-state index is 11.9. The zero-order chi connectivity index (χ0) is 15.1. The van der Waals surface area contributed by atoms with Crippen molar-refractivity contribution in [3.63, 3.8) is 0 Å². The summed E-state index contributed by atoms with van der Waals surface area (Å²) in [6.07, 6.45) is 1.42. The largest absolute Gasteiger partial charge is 0.495 e. The lowest BCUT2D eigenvalue weighted by molar-refractivity contribution is -0.129. The Balaban J connectivity index is 1.80. The predicted molar refractivity (Wildman–Crippen MR) is 78.2 cm³/mol. The molecule has 114 valence electrons. The number of anilines is 1. The molecule has 1 fully saturated rings. The molecule has 2 rings (SSSR count). The van der Waals surface area contributed by atoms with E-state index in [1.54, 1.807) is 18.2 Å². The molecule has 21 heavy (non-hydrogen) atoms. The van der Waals surface area contributed by atoms with Crippen LogP contribution in [0, 0.1) is 5.92 Å². The van der Waals surface area contributed by atoms with Crippen molar-refractivity contribution in [1.82, 2.24) is 5.32 Å². The van der Waals surface area contributed by atoms with Gasteiger partial charge in [0.1, 0.15) is 5.75 Å². The summed E-state index contributed by atoms with van der Waals surface area (Å²) in [5, 5.41) is 5.38. The molecule has 0 spiro atoms. The molecule has 0 radical (unpaired) electrons. The average molecular weight is 292 g/mol. The van der Waals surface area contributed by atoms with Crippen molar-refractivity contribution in [3.8, 4) is 5.75 Å². The number of hydrogen-bond acceptors (Lipinski definition) is 4. The highest BCUT2D eigenvalue weighted by molar-refractivity contribution is 5.95. The summed E-state index contributed by atoms with van der Waals surface area (Å²) in [5.74, 6) is 0.160. The van der Waals surface area contributed by atoms with Crippen molar-refractivity contribution in [2.45, 2.75) is 12.8 Å². The first-order chi connectivity index (χ1) is 10.2. The molecule has 1 heterocycles. The van der Waals surface area contributed by atoms with Gasteiger partial charge in [0, 0.05) is 19.1 Å². The molecule has 2 N–H and O–H groups in total. The van der Waals surface area contributed by atoms with Crippen LogP contribution in [0.15, 0.2) is 24.3 Å². The highest BCUT2D eigenvalue weighted by Gasteiger charge is 2.21. The Bertz CT molecular complexity index is 498. The van der Waals surface area contributed by atoms with Crippen LogP contribution < -0.4 is 15.4 Å². The van der Waals surface area contributed by atoms with Crippen LogP contribution in [0.5, 0.6) is 5.75 Å². The average Bonchev–Trinajstić information content (AvgIpc) is 2.54. The molecular weight excluding hydrogens is 272 g/mol. The number of ether oxygens (including phenoxy) is 2. The Morgan fingerprint density at radius 1 is 1.29 bits per heavy atom. The van der Waals surface area contributed by atoms with E-state index in [9.17, 15) is 9.59 Å². The van der Waals surface area contributed by atoms with E-state index in [0.29, 0.717) is 37.5 Å². The van der Waals surface area contributed by atoms with Gasteiger partial charge in [-0.3, -0.25) is 9.59 Å². The van der Waals surface area contributed by atoms with Gasteiger partial charge in [-0.2, -0.15) is 0 Å². The zero-order valence-corrected chi connectivity index (χ0v) is 12.1. The minimum absolute atomic E-state index is 0.0474. The normalized spacial score (nSPS) is 15.3. The molecule has 2 amide bonds. The molecule has 1 aliphatic rings. The van der Waals surface area contributed by atoms with E-state index >= 15 is 0 Å². The van der Waals surface area contributed by atoms with E-state index in [4.69, 9.17) is 9.47 Å². The van der Waals surface area contributed by atoms with Gasteiger partial charge in [-0.05, 0) is 25.0 Å². The molecule has 0 atom stereocenters. The fraction of sp³-hybridized carbons (Fsp3) is 0.467. The standard InChI is InChI=1S/C15H20N2O4/c1-20-13-5-3-2-4-12(13)17-14(18)10-16-15(19)11-6-8-21-9-7-11/h2-5,11H,6-10H2,1H3,(H,16,19)(H,17,18). The van der Waals surface area contributed by atoms with Gasteiger partial charge in [0.25, 0.3) is 0 Å². The van der Waals surface area contributed by atoms with Crippen molar-refractivity contribution >= 4 is 17.5 Å². The van der Waals surface area contributed by atoms with Crippen LogP contribution in [-0.2, 0) is 14.3 Å². The van der Waals surface area contributed by atoms with Gasteiger partial charge < -0.3 is 20.1 Å². The van der Waals surface area contributed by atoms with Crippen molar-refractivity contribution in [1.29, 1.82) is 0 Å². The molecule has 1 aromatic rings. The van der Waals surface area contributed by atoms with Crippen LogP contribution >= 0.6 is 0 Å². The first kappa shape index (κ1) is 15.3. The number of carbonyl (C=O) groups excluding carboxylic acids is 2. The first-order valence-electron chi connectivity index (χ1n) is 6.99. The van der Waals surface area contributed by atoms with Crippen LogP contribution in [0.3, 0.4) is 0 Å². The van der Waals surface area contributed by atoms with Crippen LogP contribution in [0.1, 0.15) is 12.8 Å². The Morgan fingerprint density at radius 2 is 2.00 bits per heavy atom. The van der Waals surface area contributed by atoms with E-state index in [-0.39, 0.29) is 24.3 Å². The molecule has 1 aromatic carbocycles. The number of amides is 2. The number of carbonyl (C=O) groups is 2. The molecule has 6 nitrogen and oxygen atoms in total. The number of nitrogens with one attached hydrogen (secondary N) is 2. The molecule has 0 aromatic heterocycles. The summed E-state index contributed by atoms with van der Waals surface area (Å²) in [5.41, 5.74) is 0.588. The SMILES string of the molecule is COc1ccccc1NC(=O)CNC(=O)C1CCOCC1. The summed E-state index contributed by atoms with van der Waals surface area (Å²) in [7, 11) is 1.54. The summed E-state index contributed by atoms with van der Waals surface area (Å²) < 4.78 is 10.4. The maximum absolute atomic E-state index is 11.9. The second kappa shape index (κ2) is 7.64. The second-order valence-electron chi connectivity index (χ2n) is 4.85. The van der Waals surface area contributed by atoms with Gasteiger partial charge in [0.2, 0.25) is 11.8 Å². The lowest BCUT2D eigenvalue weighted by Crippen LogP contribution is -2.38. The van der Waals surface area contributed by atoms with Gasteiger partial charge >= 0.3 is 0 Å². The quantitative estimate of drug-likeness (QED) is 0.854. The summed E-state index contributed by atoms with van der Waals surface area (Å²) >= 11 is 0. The number of rotatable bonds is 5. The second-order valence-corrected chi connectivity index (χ2v) is 4.85. The fourth-order valence-corrected chi connectivity index (χ4v) is 2.21. The Labute approximate surface area is 123 Å². The van der Waals surface area contributed by atoms with Crippen LogP contribution in [0.2, 0.25) is 0 Å². The minimum Gasteiger partial charge on any atom is -0.495 e. The van der Waals surface area contributed by atoms with Gasteiger partial charge in [-0.15, -0.1) is 0 Å². The predicted octanol–water partition coefficient (Wildman–Crippen LogP) is 1.18. The Kier molecular flexibility index (Phi) is 5.57. The van der Waals surface area contributed by atoms with E-state index in [0.717, 1.165) is 0 Å². The third-order valence-electron chi connectivity index (χ3n) is 3.40. The van der Waals surface area contributed by atoms with Crippen LogP contribution in [-0.4, -0.2) is 38.7 Å². The number of hydrogen-bond donors (Lipinski definition) is 2. The number of methoxy groups -OCH3 is 1. The first-order valence-corrected chi connectivity index (χ1v) is 6.99. The molecule has 1 aliphatic heterocycles. The van der Waals surface area contributed by atoms with E-state index in [2.05, 4.69) is 10.6 Å². The van der Waals surface area contributed by atoms with Crippen LogP contribution in [0.25, 0.3) is 0 Å². The van der Waals surface area contributed by atoms with Crippen molar-refractivity contribution in [2.24, 2.45) is 5.92 Å². The van der Waals surface area contributed by atoms with E-state index < -0.39 is 0 Å². The smallest absolute Gasteiger partial charge is 0.243 e. The minimum atomic E-state index is -0.278. The molecule has 0 saturated carbocycles. The zero-order valence-electron chi connectivity index (χ0n) is 12.1. The molecule has 1 saturated heterocycles. The fourth-order valence-electron chi connectivity index (χ4n) is 2.21. The van der Waals surface area contributed by atoms with Crippen molar-refractivity contribution < 1.29 is 19.1 Å². The number of para-hydroxylation sites is 2. The topological polar surface area (TPSA) is 76.7 Å². The van der Waals surface area contributed by atoms with Crippen molar-refractivity contribution in [3.05, 3.63) is 24.3 Å². The van der Waals surface area contributed by atoms with E-state index in [1.165, 1.54) is 7.11 Å². The van der Waals surface area contributed by atoms with Gasteiger partial charge in [0.15, 0.2) is 0 Å². The summed E-state index contributed by atoms with van der Waals surface area (Å²) in [4.78, 5) is 23.8. The molecule has 0 unspecified atom stereocenters. The monoisotopic (exact) mass is 292 g/mol. The third-order valence-corrected chi connectivity index (χ3v) is 3.40. The molecule has 6 heteroatoms. The maximum Gasteiger partial charge on any atom is 0.243 e. The van der Waals surface area contributed by atoms with Crippen molar-refractivity contribution in [2.75, 3.05) is 32.2 Å². The van der Waals surface area contributed by atoms with Crippen LogP contribution in [0.4, 0.5) is 5.69 Å². The van der Waals surface area contributed by atoms with Gasteiger partial charge in [0.05, 0.1) is 19.3 Å². The molecule has 0 aliphatic carbocycles. The molecular formula is C15H20N2O4. The summed E-state index contributed by atoms with van der Waals surface area (Å²) in [6, 6.07) is 7.13. The highest BCUT2D eigenvalue weighted by Crippen LogP contribution is 2.22. The lowest BCUT2D eigenvalue weighted by atomic mass is 9.99. The highest BCUT2D eigenvalue weighted by atomic mass is 16.5. The molecule has 0 bridgehead atoms.